The van der Waals surface area contributed by atoms with Gasteiger partial charge in [0.2, 0.25) is 0 Å². The van der Waals surface area contributed by atoms with Crippen molar-refractivity contribution >= 4 is 5.78 Å². The highest BCUT2D eigenvalue weighted by Crippen LogP contribution is 2.49. The van der Waals surface area contributed by atoms with Gasteiger partial charge in [0.1, 0.15) is 5.78 Å². The molecule has 2 rings (SSSR count). The van der Waals surface area contributed by atoms with Crippen molar-refractivity contribution in [3.05, 3.63) is 12.2 Å². The number of hydrogen-bond donors (Lipinski definition) is 1. The molecule has 0 radical (unpaired) electrons. The van der Waals surface area contributed by atoms with Crippen molar-refractivity contribution in [3.8, 4) is 0 Å². The molecule has 0 amide bonds. The first kappa shape index (κ1) is 12.8. The third-order valence-electron chi connectivity index (χ3n) is 4.84. The monoisotopic (exact) mass is 236 g/mol. The Kier molecular flexibility index (Phi) is 3.19. The molecule has 2 aliphatic rings. The third kappa shape index (κ3) is 2.33. The van der Waals surface area contributed by atoms with Gasteiger partial charge >= 0.3 is 0 Å². The summed E-state index contributed by atoms with van der Waals surface area (Å²) in [5, 5.41) is 10.3. The number of aliphatic hydroxyl groups is 1. The Hall–Kier alpha value is -0.630. The Morgan fingerprint density at radius 1 is 1.41 bits per heavy atom. The summed E-state index contributed by atoms with van der Waals surface area (Å²) in [6.45, 7) is 9.98. The van der Waals surface area contributed by atoms with Gasteiger partial charge in [0, 0.05) is 12.3 Å². The molecule has 0 unspecified atom stereocenters. The normalized spacial score (nSPS) is 39.1. The summed E-state index contributed by atoms with van der Waals surface area (Å²) in [7, 11) is 0. The van der Waals surface area contributed by atoms with E-state index in [1.165, 1.54) is 5.57 Å². The van der Waals surface area contributed by atoms with E-state index >= 15 is 0 Å². The summed E-state index contributed by atoms with van der Waals surface area (Å²) in [6, 6.07) is 0. The summed E-state index contributed by atoms with van der Waals surface area (Å²) >= 11 is 0. The van der Waals surface area contributed by atoms with E-state index in [0.29, 0.717) is 30.0 Å². The highest BCUT2D eigenvalue weighted by atomic mass is 16.3. The zero-order chi connectivity index (χ0) is 12.8. The maximum Gasteiger partial charge on any atom is 0.136 e. The lowest BCUT2D eigenvalue weighted by Gasteiger charge is -2.48. The number of rotatable bonds is 1. The van der Waals surface area contributed by atoms with E-state index in [1.54, 1.807) is 0 Å². The van der Waals surface area contributed by atoms with Crippen molar-refractivity contribution in [1.82, 2.24) is 0 Å². The fourth-order valence-corrected chi connectivity index (χ4v) is 3.78. The smallest absolute Gasteiger partial charge is 0.136 e. The molecule has 0 saturated heterocycles. The molecule has 2 aliphatic carbocycles. The number of ketones is 1. The summed E-state index contributed by atoms with van der Waals surface area (Å²) in [5.74, 6) is 1.62. The van der Waals surface area contributed by atoms with Gasteiger partial charge in [0.15, 0.2) is 0 Å². The molecule has 2 nitrogen and oxygen atoms in total. The van der Waals surface area contributed by atoms with Gasteiger partial charge in [-0.15, -0.1) is 0 Å². The largest absolute Gasteiger partial charge is 0.390 e. The van der Waals surface area contributed by atoms with Crippen molar-refractivity contribution in [2.45, 2.75) is 52.1 Å². The van der Waals surface area contributed by atoms with Crippen LogP contribution >= 0.6 is 0 Å². The van der Waals surface area contributed by atoms with Crippen LogP contribution in [0.5, 0.6) is 0 Å². The predicted octanol–water partition coefficient (Wildman–Crippen LogP) is 2.95. The SMILES string of the molecule is C=C1CC[C@@H](C(C)(C)O)[C@@H]2C[C@H](C)C(=O)C[C@@H]12. The van der Waals surface area contributed by atoms with Crippen LogP contribution < -0.4 is 0 Å². The summed E-state index contributed by atoms with van der Waals surface area (Å²) in [5.41, 5.74) is 0.597. The lowest BCUT2D eigenvalue weighted by molar-refractivity contribution is -0.130. The van der Waals surface area contributed by atoms with Crippen LogP contribution in [0.2, 0.25) is 0 Å². The van der Waals surface area contributed by atoms with E-state index in [-0.39, 0.29) is 5.92 Å². The van der Waals surface area contributed by atoms with Crippen LogP contribution in [0.4, 0.5) is 0 Å². The van der Waals surface area contributed by atoms with E-state index in [2.05, 4.69) is 6.58 Å². The van der Waals surface area contributed by atoms with Crippen LogP contribution in [0, 0.1) is 23.7 Å². The van der Waals surface area contributed by atoms with Gasteiger partial charge in [-0.1, -0.05) is 19.1 Å². The van der Waals surface area contributed by atoms with Crippen molar-refractivity contribution in [1.29, 1.82) is 0 Å². The number of carbonyl (C=O) groups is 1. The van der Waals surface area contributed by atoms with Crippen LogP contribution in [0.3, 0.4) is 0 Å². The van der Waals surface area contributed by atoms with Gasteiger partial charge in [-0.05, 0) is 50.9 Å². The number of Topliss-reactive ketones (excluding diaryl/α,β-unsaturated/α-hetero) is 1. The second kappa shape index (κ2) is 4.24. The Bertz CT molecular complexity index is 337. The predicted molar refractivity (Wildman–Crippen MR) is 68.5 cm³/mol. The standard InChI is InChI=1S/C15H24O2/c1-9-5-6-13(15(3,4)17)12-7-10(2)14(16)8-11(9)12/h10-13,17H,1,5-8H2,2-4H3/t10-,11-,12+,13+/m0/s1. The molecule has 2 saturated carbocycles. The van der Waals surface area contributed by atoms with Gasteiger partial charge < -0.3 is 5.11 Å². The van der Waals surface area contributed by atoms with E-state index in [1.807, 2.05) is 20.8 Å². The van der Waals surface area contributed by atoms with Gasteiger partial charge in [-0.25, -0.2) is 0 Å². The lowest BCUT2D eigenvalue weighted by Crippen LogP contribution is -2.46. The summed E-state index contributed by atoms with van der Waals surface area (Å²) in [6.07, 6.45) is 3.57. The van der Waals surface area contributed by atoms with Crippen LogP contribution in [0.15, 0.2) is 12.2 Å². The van der Waals surface area contributed by atoms with Crippen molar-refractivity contribution in [3.63, 3.8) is 0 Å². The lowest BCUT2D eigenvalue weighted by atomic mass is 9.58. The van der Waals surface area contributed by atoms with Crippen LogP contribution in [-0.4, -0.2) is 16.5 Å². The average molecular weight is 236 g/mol. The first-order valence-electron chi connectivity index (χ1n) is 6.73. The Morgan fingerprint density at radius 2 is 2.06 bits per heavy atom. The van der Waals surface area contributed by atoms with Gasteiger partial charge in [0.25, 0.3) is 0 Å². The first-order chi connectivity index (χ1) is 7.80. The number of carbonyl (C=O) groups excluding carboxylic acids is 1. The maximum atomic E-state index is 11.8. The van der Waals surface area contributed by atoms with Crippen molar-refractivity contribution in [2.75, 3.05) is 0 Å². The molecule has 1 N–H and O–H groups in total. The van der Waals surface area contributed by atoms with E-state index in [9.17, 15) is 9.90 Å². The minimum absolute atomic E-state index is 0.159. The zero-order valence-electron chi connectivity index (χ0n) is 11.2. The van der Waals surface area contributed by atoms with E-state index in [4.69, 9.17) is 0 Å². The highest BCUT2D eigenvalue weighted by molar-refractivity contribution is 5.82. The molecule has 0 heterocycles. The fraction of sp³-hybridized carbons (Fsp3) is 0.800. The van der Waals surface area contributed by atoms with Gasteiger partial charge in [0.05, 0.1) is 5.60 Å². The molecule has 2 fully saturated rings. The highest BCUT2D eigenvalue weighted by Gasteiger charge is 2.46. The minimum atomic E-state index is -0.635. The summed E-state index contributed by atoms with van der Waals surface area (Å²) < 4.78 is 0. The van der Waals surface area contributed by atoms with Crippen LogP contribution in [0.25, 0.3) is 0 Å². The topological polar surface area (TPSA) is 37.3 Å². The molecule has 17 heavy (non-hydrogen) atoms. The first-order valence-corrected chi connectivity index (χ1v) is 6.73. The second-order valence-electron chi connectivity index (χ2n) is 6.53. The number of allylic oxidation sites excluding steroid dienone is 1. The van der Waals surface area contributed by atoms with Crippen molar-refractivity contribution < 1.29 is 9.90 Å². The fourth-order valence-electron chi connectivity index (χ4n) is 3.78. The quantitative estimate of drug-likeness (QED) is 0.711. The number of fused-ring (bicyclic) bond motifs is 1. The third-order valence-corrected chi connectivity index (χ3v) is 4.84. The zero-order valence-corrected chi connectivity index (χ0v) is 11.2. The molecular weight excluding hydrogens is 212 g/mol. The molecule has 0 aliphatic heterocycles. The van der Waals surface area contributed by atoms with E-state index in [0.717, 1.165) is 19.3 Å². The minimum Gasteiger partial charge on any atom is -0.390 e. The van der Waals surface area contributed by atoms with Crippen molar-refractivity contribution in [2.24, 2.45) is 23.7 Å². The Morgan fingerprint density at radius 3 is 2.65 bits per heavy atom. The molecule has 0 spiro atoms. The molecule has 0 bridgehead atoms. The molecule has 0 aromatic rings. The maximum absolute atomic E-state index is 11.8. The molecule has 96 valence electrons. The van der Waals surface area contributed by atoms with E-state index < -0.39 is 5.60 Å². The second-order valence-corrected chi connectivity index (χ2v) is 6.53. The molecular formula is C15H24O2. The van der Waals surface area contributed by atoms with Crippen LogP contribution in [0.1, 0.15) is 46.5 Å². The molecule has 2 heteroatoms. The Balaban J connectivity index is 2.25. The van der Waals surface area contributed by atoms with Gasteiger partial charge in [-0.2, -0.15) is 0 Å². The number of hydrogen-bond acceptors (Lipinski definition) is 2. The molecule has 0 aromatic heterocycles. The van der Waals surface area contributed by atoms with Gasteiger partial charge in [-0.3, -0.25) is 4.79 Å². The molecule has 0 aromatic carbocycles. The average Bonchev–Trinajstić information content (AvgIpc) is 2.19. The van der Waals surface area contributed by atoms with Crippen LogP contribution in [-0.2, 0) is 4.79 Å². The molecule has 4 atom stereocenters. The Labute approximate surface area is 104 Å². The summed E-state index contributed by atoms with van der Waals surface area (Å²) in [4.78, 5) is 11.8.